The summed E-state index contributed by atoms with van der Waals surface area (Å²) in [5.74, 6) is 1.97. The van der Waals surface area contributed by atoms with E-state index in [4.69, 9.17) is 14.5 Å². The Hall–Kier alpha value is -1.99. The van der Waals surface area contributed by atoms with Crippen LogP contribution in [0.15, 0.2) is 29.3 Å². The molecule has 2 aliphatic heterocycles. The number of guanidine groups is 1. The van der Waals surface area contributed by atoms with Crippen molar-refractivity contribution < 1.29 is 9.47 Å². The van der Waals surface area contributed by atoms with Crippen LogP contribution in [-0.4, -0.2) is 94.5 Å². The molecule has 0 bridgehead atoms. The number of rotatable bonds is 6. The molecule has 1 N–H and O–H groups in total. The zero-order valence-electron chi connectivity index (χ0n) is 17.6. The molecular weight excluding hydrogens is 354 g/mol. The highest BCUT2D eigenvalue weighted by molar-refractivity contribution is 5.80. The SMILES string of the molecule is CCNC(=NCC(C)N1CCOCC1)N1CCN(c2ccccc2OC)CC1. The van der Waals surface area contributed by atoms with Crippen molar-refractivity contribution >= 4 is 11.6 Å². The lowest BCUT2D eigenvalue weighted by Gasteiger charge is -2.38. The van der Waals surface area contributed by atoms with E-state index in [0.29, 0.717) is 6.04 Å². The van der Waals surface area contributed by atoms with Crippen molar-refractivity contribution in [3.8, 4) is 5.75 Å². The lowest BCUT2D eigenvalue weighted by Crippen LogP contribution is -2.53. The third-order valence-electron chi connectivity index (χ3n) is 5.51. The number of morpholine rings is 1. The van der Waals surface area contributed by atoms with E-state index in [9.17, 15) is 0 Å². The molecule has 3 rings (SSSR count). The largest absolute Gasteiger partial charge is 0.495 e. The first-order chi connectivity index (χ1) is 13.7. The maximum absolute atomic E-state index is 5.53. The molecule has 2 fully saturated rings. The predicted molar refractivity (Wildman–Crippen MR) is 115 cm³/mol. The number of nitrogens with one attached hydrogen (secondary N) is 1. The zero-order valence-corrected chi connectivity index (χ0v) is 17.6. The summed E-state index contributed by atoms with van der Waals surface area (Å²) in [6.45, 7) is 13.6. The molecule has 0 aromatic heterocycles. The van der Waals surface area contributed by atoms with Gasteiger partial charge < -0.3 is 24.6 Å². The van der Waals surface area contributed by atoms with E-state index in [1.54, 1.807) is 7.11 Å². The molecule has 7 nitrogen and oxygen atoms in total. The van der Waals surface area contributed by atoms with Crippen molar-refractivity contribution in [2.24, 2.45) is 4.99 Å². The number of para-hydroxylation sites is 2. The van der Waals surface area contributed by atoms with E-state index in [0.717, 1.165) is 77.3 Å². The lowest BCUT2D eigenvalue weighted by atomic mass is 10.2. The number of ether oxygens (including phenoxy) is 2. The molecule has 1 aromatic rings. The van der Waals surface area contributed by atoms with Gasteiger partial charge in [-0.2, -0.15) is 0 Å². The number of methoxy groups -OCH3 is 1. The number of nitrogens with zero attached hydrogens (tertiary/aromatic N) is 4. The van der Waals surface area contributed by atoms with Crippen molar-refractivity contribution in [2.75, 3.05) is 77.6 Å². The summed E-state index contributed by atoms with van der Waals surface area (Å²) in [5, 5.41) is 3.48. The molecule has 1 aromatic carbocycles. The van der Waals surface area contributed by atoms with Gasteiger partial charge in [-0.1, -0.05) is 12.1 Å². The van der Waals surface area contributed by atoms with E-state index in [1.165, 1.54) is 5.69 Å². The average Bonchev–Trinajstić information content (AvgIpc) is 2.77. The van der Waals surface area contributed by atoms with E-state index >= 15 is 0 Å². The van der Waals surface area contributed by atoms with Crippen molar-refractivity contribution in [2.45, 2.75) is 19.9 Å². The molecule has 28 heavy (non-hydrogen) atoms. The van der Waals surface area contributed by atoms with Crippen LogP contribution in [-0.2, 0) is 4.74 Å². The Morgan fingerprint density at radius 2 is 1.86 bits per heavy atom. The Morgan fingerprint density at radius 1 is 1.14 bits per heavy atom. The second kappa shape index (κ2) is 10.5. The van der Waals surface area contributed by atoms with Gasteiger partial charge >= 0.3 is 0 Å². The van der Waals surface area contributed by atoms with Gasteiger partial charge in [0.1, 0.15) is 5.75 Å². The Bertz CT molecular complexity index is 625. The molecule has 1 unspecified atom stereocenters. The summed E-state index contributed by atoms with van der Waals surface area (Å²) < 4.78 is 11.0. The molecule has 2 saturated heterocycles. The highest BCUT2D eigenvalue weighted by atomic mass is 16.5. The number of anilines is 1. The second-order valence-electron chi connectivity index (χ2n) is 7.34. The summed E-state index contributed by atoms with van der Waals surface area (Å²) in [6, 6.07) is 8.69. The Kier molecular flexibility index (Phi) is 7.80. The van der Waals surface area contributed by atoms with E-state index in [2.05, 4.69) is 46.0 Å². The van der Waals surface area contributed by atoms with Crippen LogP contribution in [0.1, 0.15) is 13.8 Å². The number of benzene rings is 1. The van der Waals surface area contributed by atoms with Crippen LogP contribution in [0.2, 0.25) is 0 Å². The molecule has 7 heteroatoms. The maximum Gasteiger partial charge on any atom is 0.194 e. The number of piperazine rings is 1. The summed E-state index contributed by atoms with van der Waals surface area (Å²) in [4.78, 5) is 12.2. The molecule has 2 aliphatic rings. The topological polar surface area (TPSA) is 52.6 Å². The number of aliphatic imine (C=N–C) groups is 1. The second-order valence-corrected chi connectivity index (χ2v) is 7.34. The van der Waals surface area contributed by atoms with E-state index in [-0.39, 0.29) is 0 Å². The molecule has 156 valence electrons. The fourth-order valence-corrected chi connectivity index (χ4v) is 3.83. The Morgan fingerprint density at radius 3 is 2.54 bits per heavy atom. The molecule has 0 amide bonds. The highest BCUT2D eigenvalue weighted by Gasteiger charge is 2.22. The predicted octanol–water partition coefficient (Wildman–Crippen LogP) is 1.50. The smallest absolute Gasteiger partial charge is 0.194 e. The van der Waals surface area contributed by atoms with Crippen molar-refractivity contribution in [1.29, 1.82) is 0 Å². The Balaban J connectivity index is 1.57. The van der Waals surface area contributed by atoms with Gasteiger partial charge in [-0.25, -0.2) is 0 Å². The van der Waals surface area contributed by atoms with Gasteiger partial charge in [0.2, 0.25) is 0 Å². The van der Waals surface area contributed by atoms with Gasteiger partial charge in [0.15, 0.2) is 5.96 Å². The van der Waals surface area contributed by atoms with E-state index in [1.807, 2.05) is 12.1 Å². The van der Waals surface area contributed by atoms with Gasteiger partial charge in [0.05, 0.1) is 32.6 Å². The first-order valence-electron chi connectivity index (χ1n) is 10.5. The van der Waals surface area contributed by atoms with Gasteiger partial charge in [-0.3, -0.25) is 9.89 Å². The van der Waals surface area contributed by atoms with Crippen LogP contribution >= 0.6 is 0 Å². The summed E-state index contributed by atoms with van der Waals surface area (Å²) in [6.07, 6.45) is 0. The summed E-state index contributed by atoms with van der Waals surface area (Å²) in [7, 11) is 1.74. The van der Waals surface area contributed by atoms with Crippen LogP contribution in [0.3, 0.4) is 0 Å². The summed E-state index contributed by atoms with van der Waals surface area (Å²) in [5.41, 5.74) is 1.17. The van der Waals surface area contributed by atoms with Gasteiger partial charge in [0.25, 0.3) is 0 Å². The zero-order chi connectivity index (χ0) is 19.8. The third-order valence-corrected chi connectivity index (χ3v) is 5.51. The minimum atomic E-state index is 0.437. The molecule has 0 radical (unpaired) electrons. The van der Waals surface area contributed by atoms with Crippen LogP contribution in [0, 0.1) is 0 Å². The van der Waals surface area contributed by atoms with Crippen LogP contribution in [0.4, 0.5) is 5.69 Å². The molecule has 1 atom stereocenters. The van der Waals surface area contributed by atoms with Gasteiger partial charge in [0, 0.05) is 51.9 Å². The van der Waals surface area contributed by atoms with Gasteiger partial charge in [-0.15, -0.1) is 0 Å². The lowest BCUT2D eigenvalue weighted by molar-refractivity contribution is 0.0220. The molecule has 0 aliphatic carbocycles. The third kappa shape index (κ3) is 5.29. The first kappa shape index (κ1) is 20.7. The van der Waals surface area contributed by atoms with Crippen molar-refractivity contribution in [3.05, 3.63) is 24.3 Å². The minimum Gasteiger partial charge on any atom is -0.495 e. The van der Waals surface area contributed by atoms with Crippen molar-refractivity contribution in [3.63, 3.8) is 0 Å². The van der Waals surface area contributed by atoms with Crippen LogP contribution in [0.5, 0.6) is 5.75 Å². The van der Waals surface area contributed by atoms with Gasteiger partial charge in [-0.05, 0) is 26.0 Å². The van der Waals surface area contributed by atoms with Crippen LogP contribution in [0.25, 0.3) is 0 Å². The van der Waals surface area contributed by atoms with Crippen LogP contribution < -0.4 is 15.0 Å². The number of hydrogen-bond acceptors (Lipinski definition) is 5. The average molecular weight is 390 g/mol. The number of hydrogen-bond donors (Lipinski definition) is 1. The molecule has 0 saturated carbocycles. The standard InChI is InChI=1S/C21H35N5O2/c1-4-22-21(23-17-18(2)24-13-15-28-16-14-24)26-11-9-25(10-12-26)19-7-5-6-8-20(19)27-3/h5-8,18H,4,9-17H2,1-3H3,(H,22,23). The summed E-state index contributed by atoms with van der Waals surface area (Å²) >= 11 is 0. The molecular formula is C21H35N5O2. The quantitative estimate of drug-likeness (QED) is 0.588. The van der Waals surface area contributed by atoms with Crippen molar-refractivity contribution in [1.82, 2.24) is 15.1 Å². The maximum atomic E-state index is 5.53. The Labute approximate surface area is 169 Å². The fourth-order valence-electron chi connectivity index (χ4n) is 3.83. The molecule has 0 spiro atoms. The van der Waals surface area contributed by atoms with E-state index < -0.39 is 0 Å². The normalized spacial score (nSPS) is 20.2. The first-order valence-corrected chi connectivity index (χ1v) is 10.5. The molecule has 2 heterocycles. The monoisotopic (exact) mass is 389 g/mol. The highest BCUT2D eigenvalue weighted by Crippen LogP contribution is 2.28. The fraction of sp³-hybridized carbons (Fsp3) is 0.667. The minimum absolute atomic E-state index is 0.437.